The Morgan fingerprint density at radius 1 is 1.29 bits per heavy atom. The first-order valence-corrected chi connectivity index (χ1v) is 4.98. The summed E-state index contributed by atoms with van der Waals surface area (Å²) < 4.78 is 35.4. The molecule has 0 aliphatic rings. The predicted molar refractivity (Wildman–Crippen MR) is 59.3 cm³/mol. The second-order valence-electron chi connectivity index (χ2n) is 3.52. The standard InChI is InChI=1S/C12H12F3NO/c1-9-4-6-10(7-5-9)3-2-8-16-11(17)12(13,14)15/h2-7H,8H2,1H3,(H,16,17). The highest BCUT2D eigenvalue weighted by molar-refractivity contribution is 5.81. The quantitative estimate of drug-likeness (QED) is 0.868. The van der Waals surface area contributed by atoms with Crippen molar-refractivity contribution in [3.63, 3.8) is 0 Å². The highest BCUT2D eigenvalue weighted by Gasteiger charge is 2.37. The summed E-state index contributed by atoms with van der Waals surface area (Å²) in [6.45, 7) is 1.79. The van der Waals surface area contributed by atoms with Gasteiger partial charge in [0.15, 0.2) is 0 Å². The molecule has 0 bridgehead atoms. The van der Waals surface area contributed by atoms with Gasteiger partial charge in [0.25, 0.3) is 0 Å². The third-order valence-corrected chi connectivity index (χ3v) is 2.03. The Labute approximate surface area is 97.1 Å². The molecule has 0 aromatic heterocycles. The van der Waals surface area contributed by atoms with Gasteiger partial charge < -0.3 is 5.32 Å². The van der Waals surface area contributed by atoms with Crippen LogP contribution >= 0.6 is 0 Å². The van der Waals surface area contributed by atoms with Gasteiger partial charge in [0.2, 0.25) is 0 Å². The molecule has 0 saturated heterocycles. The lowest BCUT2D eigenvalue weighted by molar-refractivity contribution is -0.173. The number of nitrogens with one attached hydrogen (secondary N) is 1. The number of benzene rings is 1. The third-order valence-electron chi connectivity index (χ3n) is 2.03. The van der Waals surface area contributed by atoms with Crippen molar-refractivity contribution in [2.75, 3.05) is 6.54 Å². The van der Waals surface area contributed by atoms with Crippen molar-refractivity contribution in [3.05, 3.63) is 41.5 Å². The molecule has 0 aliphatic heterocycles. The Balaban J connectivity index is 2.41. The average molecular weight is 243 g/mol. The molecule has 1 rings (SSSR count). The summed E-state index contributed by atoms with van der Waals surface area (Å²) >= 11 is 0. The Morgan fingerprint density at radius 3 is 2.41 bits per heavy atom. The molecule has 0 spiro atoms. The van der Waals surface area contributed by atoms with Gasteiger partial charge in [-0.05, 0) is 12.5 Å². The van der Waals surface area contributed by atoms with Crippen LogP contribution in [0, 0.1) is 6.92 Å². The summed E-state index contributed by atoms with van der Waals surface area (Å²) in [4.78, 5) is 10.5. The number of hydrogen-bond acceptors (Lipinski definition) is 1. The van der Waals surface area contributed by atoms with Gasteiger partial charge in [-0.15, -0.1) is 0 Å². The molecule has 0 fully saturated rings. The molecule has 0 atom stereocenters. The van der Waals surface area contributed by atoms with Crippen LogP contribution in [0.1, 0.15) is 11.1 Å². The van der Waals surface area contributed by atoms with Crippen molar-refractivity contribution in [2.45, 2.75) is 13.1 Å². The lowest BCUT2D eigenvalue weighted by Crippen LogP contribution is -2.36. The normalized spacial score (nSPS) is 11.8. The van der Waals surface area contributed by atoms with Gasteiger partial charge in [0.1, 0.15) is 0 Å². The van der Waals surface area contributed by atoms with Gasteiger partial charge in [0.05, 0.1) is 0 Å². The summed E-state index contributed by atoms with van der Waals surface area (Å²) in [5, 5.41) is 1.75. The van der Waals surface area contributed by atoms with Crippen molar-refractivity contribution >= 4 is 12.0 Å². The van der Waals surface area contributed by atoms with Gasteiger partial charge in [-0.3, -0.25) is 4.79 Å². The van der Waals surface area contributed by atoms with Gasteiger partial charge in [-0.2, -0.15) is 13.2 Å². The fourth-order valence-electron chi connectivity index (χ4n) is 1.12. The van der Waals surface area contributed by atoms with E-state index in [1.54, 1.807) is 11.4 Å². The lowest BCUT2D eigenvalue weighted by Gasteiger charge is -2.04. The van der Waals surface area contributed by atoms with Crippen molar-refractivity contribution in [2.24, 2.45) is 0 Å². The summed E-state index contributed by atoms with van der Waals surface area (Å²) in [6, 6.07) is 7.48. The molecule has 1 aromatic carbocycles. The van der Waals surface area contributed by atoms with Crippen LogP contribution in [0.3, 0.4) is 0 Å². The molecule has 1 amide bonds. The highest BCUT2D eigenvalue weighted by Crippen LogP contribution is 2.13. The van der Waals surface area contributed by atoms with E-state index in [1.165, 1.54) is 6.08 Å². The van der Waals surface area contributed by atoms with Crippen LogP contribution in [0.25, 0.3) is 6.08 Å². The van der Waals surface area contributed by atoms with E-state index in [4.69, 9.17) is 0 Å². The average Bonchev–Trinajstić information content (AvgIpc) is 2.25. The van der Waals surface area contributed by atoms with Crippen LogP contribution in [0.15, 0.2) is 30.3 Å². The van der Waals surface area contributed by atoms with E-state index in [-0.39, 0.29) is 6.54 Å². The van der Waals surface area contributed by atoms with Crippen LogP contribution in [-0.2, 0) is 4.79 Å². The molecule has 0 unspecified atom stereocenters. The zero-order valence-electron chi connectivity index (χ0n) is 9.21. The van der Waals surface area contributed by atoms with Crippen molar-refractivity contribution in [1.82, 2.24) is 5.32 Å². The topological polar surface area (TPSA) is 29.1 Å². The number of aryl methyl sites for hydroxylation is 1. The van der Waals surface area contributed by atoms with Gasteiger partial charge >= 0.3 is 12.1 Å². The summed E-state index contributed by atoms with van der Waals surface area (Å²) in [6.07, 6.45) is -1.71. The SMILES string of the molecule is Cc1ccc(C=CCNC(=O)C(F)(F)F)cc1. The van der Waals surface area contributed by atoms with Crippen LogP contribution in [-0.4, -0.2) is 18.6 Å². The third kappa shape index (κ3) is 4.72. The molecule has 2 nitrogen and oxygen atoms in total. The predicted octanol–water partition coefficient (Wildman–Crippen LogP) is 2.69. The molecule has 1 aromatic rings. The molecule has 92 valence electrons. The van der Waals surface area contributed by atoms with Crippen LogP contribution < -0.4 is 5.32 Å². The minimum atomic E-state index is -4.82. The van der Waals surface area contributed by atoms with Crippen molar-refractivity contribution < 1.29 is 18.0 Å². The molecule has 0 radical (unpaired) electrons. The minimum Gasteiger partial charge on any atom is -0.345 e. The number of rotatable bonds is 3. The summed E-state index contributed by atoms with van der Waals surface area (Å²) in [7, 11) is 0. The van der Waals surface area contributed by atoms with E-state index in [0.717, 1.165) is 11.1 Å². The maximum atomic E-state index is 11.8. The van der Waals surface area contributed by atoms with E-state index >= 15 is 0 Å². The Bertz CT molecular complexity index is 407. The molecule has 17 heavy (non-hydrogen) atoms. The van der Waals surface area contributed by atoms with E-state index in [2.05, 4.69) is 0 Å². The zero-order chi connectivity index (χ0) is 12.9. The van der Waals surface area contributed by atoms with Crippen molar-refractivity contribution in [1.29, 1.82) is 0 Å². The minimum absolute atomic E-state index is 0.147. The number of alkyl halides is 3. The zero-order valence-corrected chi connectivity index (χ0v) is 9.21. The molecule has 5 heteroatoms. The number of carbonyl (C=O) groups is 1. The molecule has 0 saturated carbocycles. The Kier molecular flexibility index (Phi) is 4.31. The van der Waals surface area contributed by atoms with E-state index in [1.807, 2.05) is 31.2 Å². The van der Waals surface area contributed by atoms with Gasteiger partial charge in [-0.25, -0.2) is 0 Å². The highest BCUT2D eigenvalue weighted by atomic mass is 19.4. The number of amides is 1. The van der Waals surface area contributed by atoms with Crippen LogP contribution in [0.4, 0.5) is 13.2 Å². The second kappa shape index (κ2) is 5.52. The number of carbonyl (C=O) groups excluding carboxylic acids is 1. The van der Waals surface area contributed by atoms with E-state index in [9.17, 15) is 18.0 Å². The lowest BCUT2D eigenvalue weighted by atomic mass is 10.1. The smallest absolute Gasteiger partial charge is 0.345 e. The molecule has 0 heterocycles. The fourth-order valence-corrected chi connectivity index (χ4v) is 1.12. The van der Waals surface area contributed by atoms with Crippen LogP contribution in [0.2, 0.25) is 0 Å². The summed E-state index contributed by atoms with van der Waals surface area (Å²) in [5.74, 6) is -1.92. The molecule has 0 aliphatic carbocycles. The molecular weight excluding hydrogens is 231 g/mol. The molecular formula is C12H12F3NO. The maximum Gasteiger partial charge on any atom is 0.471 e. The number of hydrogen-bond donors (Lipinski definition) is 1. The summed E-state index contributed by atoms with van der Waals surface area (Å²) in [5.41, 5.74) is 1.98. The molecule has 1 N–H and O–H groups in total. The Hall–Kier alpha value is -1.78. The Morgan fingerprint density at radius 2 is 1.88 bits per heavy atom. The fraction of sp³-hybridized carbons (Fsp3) is 0.250. The van der Waals surface area contributed by atoms with Gasteiger partial charge in [-0.1, -0.05) is 42.0 Å². The van der Waals surface area contributed by atoms with Crippen LogP contribution in [0.5, 0.6) is 0 Å². The first kappa shape index (κ1) is 13.3. The second-order valence-corrected chi connectivity index (χ2v) is 3.52. The first-order chi connectivity index (χ1) is 7.89. The maximum absolute atomic E-state index is 11.8. The van der Waals surface area contributed by atoms with E-state index < -0.39 is 12.1 Å². The monoisotopic (exact) mass is 243 g/mol. The van der Waals surface area contributed by atoms with E-state index in [0.29, 0.717) is 0 Å². The first-order valence-electron chi connectivity index (χ1n) is 4.98. The van der Waals surface area contributed by atoms with Crippen molar-refractivity contribution in [3.8, 4) is 0 Å². The number of halogens is 3. The van der Waals surface area contributed by atoms with Gasteiger partial charge in [0, 0.05) is 6.54 Å². The largest absolute Gasteiger partial charge is 0.471 e.